The van der Waals surface area contributed by atoms with E-state index < -0.39 is 35.1 Å². The predicted octanol–water partition coefficient (Wildman–Crippen LogP) is 4.10. The molecule has 0 unspecified atom stereocenters. The molecule has 3 aromatic rings. The van der Waals surface area contributed by atoms with Gasteiger partial charge in [-0.05, 0) is 35.4 Å². The summed E-state index contributed by atoms with van der Waals surface area (Å²) in [6.07, 6.45) is 0. The van der Waals surface area contributed by atoms with Crippen LogP contribution in [0.5, 0.6) is 0 Å². The van der Waals surface area contributed by atoms with Crippen LogP contribution in [0.25, 0.3) is 0 Å². The monoisotopic (exact) mass is 416 g/mol. The molecule has 0 aliphatic carbocycles. The van der Waals surface area contributed by atoms with Crippen LogP contribution in [0.3, 0.4) is 0 Å². The molecule has 0 heterocycles. The van der Waals surface area contributed by atoms with Crippen LogP contribution in [0.2, 0.25) is 0 Å². The first-order valence-corrected chi connectivity index (χ1v) is 8.88. The van der Waals surface area contributed by atoms with Crippen LogP contribution in [-0.2, 0) is 13.1 Å². The first-order chi connectivity index (χ1) is 14.3. The van der Waals surface area contributed by atoms with Crippen LogP contribution in [-0.4, -0.2) is 11.8 Å². The molecule has 2 amide bonds. The summed E-state index contributed by atoms with van der Waals surface area (Å²) in [4.78, 5) is 24.1. The van der Waals surface area contributed by atoms with Gasteiger partial charge in [-0.15, -0.1) is 0 Å². The number of amides is 2. The van der Waals surface area contributed by atoms with Gasteiger partial charge in [-0.1, -0.05) is 24.3 Å². The van der Waals surface area contributed by atoms with Crippen LogP contribution < -0.4 is 10.6 Å². The summed E-state index contributed by atoms with van der Waals surface area (Å²) in [5.74, 6) is -4.87. The van der Waals surface area contributed by atoms with Crippen molar-refractivity contribution in [3.63, 3.8) is 0 Å². The first kappa shape index (κ1) is 21.0. The standard InChI is InChI=1S/C22H16F4N2O2/c23-15-4-6-17(19(25)9-15)21(29)27-11-13-2-1-3-14(8-13)12-28-22(30)18-7-5-16(24)10-20(18)26/h1-10H,11-12H2,(H,27,29)(H,28,30). The zero-order chi connectivity index (χ0) is 21.7. The van der Waals surface area contributed by atoms with Crippen LogP contribution in [0, 0.1) is 23.3 Å². The number of hydrogen-bond acceptors (Lipinski definition) is 2. The Kier molecular flexibility index (Phi) is 6.46. The van der Waals surface area contributed by atoms with Gasteiger partial charge in [0, 0.05) is 25.2 Å². The number of hydrogen-bond donors (Lipinski definition) is 2. The zero-order valence-electron chi connectivity index (χ0n) is 15.5. The minimum atomic E-state index is -0.961. The number of nitrogens with one attached hydrogen (secondary N) is 2. The fraction of sp³-hybridized carbons (Fsp3) is 0.0909. The van der Waals surface area contributed by atoms with Gasteiger partial charge in [0.05, 0.1) is 11.1 Å². The Labute approximate surface area is 169 Å². The van der Waals surface area contributed by atoms with Crippen LogP contribution in [0.15, 0.2) is 60.7 Å². The Morgan fingerprint density at radius 1 is 0.633 bits per heavy atom. The maximum absolute atomic E-state index is 13.7. The third kappa shape index (κ3) is 5.22. The zero-order valence-corrected chi connectivity index (χ0v) is 15.5. The van der Waals surface area contributed by atoms with E-state index in [1.807, 2.05) is 0 Å². The van der Waals surface area contributed by atoms with Crippen molar-refractivity contribution in [3.8, 4) is 0 Å². The molecular weight excluding hydrogens is 400 g/mol. The molecule has 154 valence electrons. The first-order valence-electron chi connectivity index (χ1n) is 8.88. The molecule has 30 heavy (non-hydrogen) atoms. The van der Waals surface area contributed by atoms with Crippen molar-refractivity contribution in [2.75, 3.05) is 0 Å². The molecule has 0 spiro atoms. The Hall–Kier alpha value is -3.68. The van der Waals surface area contributed by atoms with Crippen molar-refractivity contribution in [3.05, 3.63) is 106 Å². The van der Waals surface area contributed by atoms with Gasteiger partial charge in [-0.3, -0.25) is 9.59 Å². The highest BCUT2D eigenvalue weighted by Crippen LogP contribution is 2.12. The van der Waals surface area contributed by atoms with Gasteiger partial charge in [0.15, 0.2) is 0 Å². The Balaban J connectivity index is 1.59. The molecule has 0 aromatic heterocycles. The van der Waals surface area contributed by atoms with Crippen LogP contribution in [0.1, 0.15) is 31.8 Å². The minimum absolute atomic E-state index is 0.0734. The summed E-state index contributed by atoms with van der Waals surface area (Å²) in [6.45, 7) is 0.147. The largest absolute Gasteiger partial charge is 0.348 e. The van der Waals surface area contributed by atoms with Gasteiger partial charge < -0.3 is 10.6 Å². The quantitative estimate of drug-likeness (QED) is 0.595. The second-order valence-corrected chi connectivity index (χ2v) is 6.43. The van der Waals surface area contributed by atoms with Crippen LogP contribution >= 0.6 is 0 Å². The van der Waals surface area contributed by atoms with E-state index in [9.17, 15) is 27.2 Å². The fourth-order valence-corrected chi connectivity index (χ4v) is 2.75. The highest BCUT2D eigenvalue weighted by molar-refractivity contribution is 5.94. The molecule has 0 radical (unpaired) electrons. The third-order valence-electron chi connectivity index (χ3n) is 4.25. The number of rotatable bonds is 6. The van der Waals surface area contributed by atoms with E-state index in [2.05, 4.69) is 10.6 Å². The molecule has 8 heteroatoms. The topological polar surface area (TPSA) is 58.2 Å². The molecule has 0 fully saturated rings. The van der Waals surface area contributed by atoms with Crippen molar-refractivity contribution in [2.24, 2.45) is 0 Å². The Morgan fingerprint density at radius 2 is 1.07 bits per heavy atom. The van der Waals surface area contributed by atoms with Gasteiger partial charge in [0.25, 0.3) is 11.8 Å². The van der Waals surface area contributed by atoms with Crippen molar-refractivity contribution >= 4 is 11.8 Å². The molecule has 0 aliphatic rings. The lowest BCUT2D eigenvalue weighted by Crippen LogP contribution is -2.25. The van der Waals surface area contributed by atoms with Gasteiger partial charge in [0.2, 0.25) is 0 Å². The number of carbonyl (C=O) groups excluding carboxylic acids is 2. The SMILES string of the molecule is O=C(NCc1cccc(CNC(=O)c2ccc(F)cc2F)c1)c1ccc(F)cc1F. The number of carbonyl (C=O) groups is 2. The minimum Gasteiger partial charge on any atom is -0.348 e. The molecular formula is C22H16F4N2O2. The second kappa shape index (κ2) is 9.21. The predicted molar refractivity (Wildman–Crippen MR) is 101 cm³/mol. The summed E-state index contributed by atoms with van der Waals surface area (Å²) in [7, 11) is 0. The molecule has 3 aromatic carbocycles. The molecule has 0 bridgehead atoms. The molecule has 0 atom stereocenters. The second-order valence-electron chi connectivity index (χ2n) is 6.43. The van der Waals surface area contributed by atoms with Gasteiger partial charge in [-0.25, -0.2) is 17.6 Å². The summed E-state index contributed by atoms with van der Waals surface area (Å²) in [5, 5.41) is 5.06. The normalized spacial score (nSPS) is 10.5. The highest BCUT2D eigenvalue weighted by atomic mass is 19.1. The van der Waals surface area contributed by atoms with E-state index >= 15 is 0 Å². The lowest BCUT2D eigenvalue weighted by atomic mass is 10.1. The average Bonchev–Trinajstić information content (AvgIpc) is 2.70. The van der Waals surface area contributed by atoms with E-state index in [1.165, 1.54) is 0 Å². The highest BCUT2D eigenvalue weighted by Gasteiger charge is 2.13. The van der Waals surface area contributed by atoms with Crippen molar-refractivity contribution < 1.29 is 27.2 Å². The van der Waals surface area contributed by atoms with E-state index in [-0.39, 0.29) is 24.2 Å². The van der Waals surface area contributed by atoms with Gasteiger partial charge in [0.1, 0.15) is 23.3 Å². The van der Waals surface area contributed by atoms with E-state index in [0.717, 1.165) is 24.3 Å². The number of halogens is 4. The third-order valence-corrected chi connectivity index (χ3v) is 4.25. The smallest absolute Gasteiger partial charge is 0.254 e. The van der Waals surface area contributed by atoms with E-state index in [0.29, 0.717) is 23.3 Å². The lowest BCUT2D eigenvalue weighted by molar-refractivity contribution is 0.0939. The van der Waals surface area contributed by atoms with E-state index in [4.69, 9.17) is 0 Å². The molecule has 0 saturated carbocycles. The summed E-state index contributed by atoms with van der Waals surface area (Å²) in [6, 6.07) is 12.2. The summed E-state index contributed by atoms with van der Waals surface area (Å²) < 4.78 is 53.2. The molecule has 0 saturated heterocycles. The summed E-state index contributed by atoms with van der Waals surface area (Å²) in [5.41, 5.74) is 0.790. The van der Waals surface area contributed by atoms with E-state index in [1.54, 1.807) is 24.3 Å². The Bertz CT molecular complexity index is 1020. The van der Waals surface area contributed by atoms with Crippen LogP contribution in [0.4, 0.5) is 17.6 Å². The number of benzene rings is 3. The maximum Gasteiger partial charge on any atom is 0.254 e. The van der Waals surface area contributed by atoms with Gasteiger partial charge in [-0.2, -0.15) is 0 Å². The van der Waals surface area contributed by atoms with Crippen molar-refractivity contribution in [2.45, 2.75) is 13.1 Å². The molecule has 2 N–H and O–H groups in total. The van der Waals surface area contributed by atoms with Crippen molar-refractivity contribution in [1.82, 2.24) is 10.6 Å². The molecule has 0 aliphatic heterocycles. The maximum atomic E-state index is 13.7. The summed E-state index contributed by atoms with van der Waals surface area (Å²) >= 11 is 0. The van der Waals surface area contributed by atoms with Gasteiger partial charge >= 0.3 is 0 Å². The van der Waals surface area contributed by atoms with Crippen molar-refractivity contribution in [1.29, 1.82) is 0 Å². The Morgan fingerprint density at radius 3 is 1.47 bits per heavy atom. The lowest BCUT2D eigenvalue weighted by Gasteiger charge is -2.09. The molecule has 4 nitrogen and oxygen atoms in total. The fourth-order valence-electron chi connectivity index (χ4n) is 2.75. The average molecular weight is 416 g/mol. The molecule has 3 rings (SSSR count).